The highest BCUT2D eigenvalue weighted by atomic mass is 16.1. The molecule has 0 fully saturated rings. The molecule has 0 amide bonds. The molecule has 0 saturated carbocycles. The summed E-state index contributed by atoms with van der Waals surface area (Å²) in [5.41, 5.74) is 2.17. The minimum atomic E-state index is 0.604. The van der Waals surface area contributed by atoms with E-state index in [2.05, 4.69) is 20.3 Å². The SMILES string of the molecule is O=CCCN1CCc2[nH]nnc2C1. The molecule has 0 aliphatic carbocycles. The topological polar surface area (TPSA) is 61.9 Å². The fourth-order valence-electron chi connectivity index (χ4n) is 1.58. The molecule has 1 N–H and O–H groups in total. The van der Waals surface area contributed by atoms with Crippen LogP contribution in [-0.4, -0.2) is 39.7 Å². The molecule has 0 spiro atoms. The number of nitrogens with one attached hydrogen (secondary N) is 1. The zero-order chi connectivity index (χ0) is 9.10. The number of fused-ring (bicyclic) bond motifs is 1. The molecule has 0 aromatic carbocycles. The smallest absolute Gasteiger partial charge is 0.121 e. The summed E-state index contributed by atoms with van der Waals surface area (Å²) in [6, 6.07) is 0. The molecule has 5 nitrogen and oxygen atoms in total. The molecule has 0 radical (unpaired) electrons. The van der Waals surface area contributed by atoms with Crippen molar-refractivity contribution in [3.8, 4) is 0 Å². The summed E-state index contributed by atoms with van der Waals surface area (Å²) in [5, 5.41) is 10.6. The standard InChI is InChI=1S/C8H12N4O/c13-5-1-3-12-4-2-7-8(6-12)10-11-9-7/h5H,1-4,6H2,(H,9,10,11). The lowest BCUT2D eigenvalue weighted by molar-refractivity contribution is -0.108. The summed E-state index contributed by atoms with van der Waals surface area (Å²) in [7, 11) is 0. The van der Waals surface area contributed by atoms with Crippen LogP contribution in [0, 0.1) is 0 Å². The normalized spacial score (nSPS) is 16.9. The molecule has 1 aromatic rings. The van der Waals surface area contributed by atoms with Crippen molar-refractivity contribution in [3.63, 3.8) is 0 Å². The predicted octanol–water partition coefficient (Wildman–Crippen LogP) is -0.248. The quantitative estimate of drug-likeness (QED) is 0.652. The van der Waals surface area contributed by atoms with Crippen molar-refractivity contribution in [2.24, 2.45) is 0 Å². The van der Waals surface area contributed by atoms with Gasteiger partial charge in [-0.05, 0) is 0 Å². The van der Waals surface area contributed by atoms with E-state index in [9.17, 15) is 4.79 Å². The number of nitrogens with zero attached hydrogens (tertiary/aromatic N) is 3. The molecule has 13 heavy (non-hydrogen) atoms. The number of rotatable bonds is 3. The van der Waals surface area contributed by atoms with Gasteiger partial charge in [-0.25, -0.2) is 0 Å². The monoisotopic (exact) mass is 180 g/mol. The van der Waals surface area contributed by atoms with E-state index in [1.807, 2.05) is 0 Å². The van der Waals surface area contributed by atoms with Gasteiger partial charge < -0.3 is 4.79 Å². The second-order valence-corrected chi connectivity index (χ2v) is 3.22. The van der Waals surface area contributed by atoms with Crippen LogP contribution in [0.25, 0.3) is 0 Å². The molecular weight excluding hydrogens is 168 g/mol. The average molecular weight is 180 g/mol. The third kappa shape index (κ3) is 1.75. The average Bonchev–Trinajstić information content (AvgIpc) is 2.61. The van der Waals surface area contributed by atoms with Crippen molar-refractivity contribution in [3.05, 3.63) is 11.4 Å². The summed E-state index contributed by atoms with van der Waals surface area (Å²) < 4.78 is 0. The van der Waals surface area contributed by atoms with Gasteiger partial charge in [-0.3, -0.25) is 10.00 Å². The Kier molecular flexibility index (Phi) is 2.35. The molecule has 5 heteroatoms. The van der Waals surface area contributed by atoms with Gasteiger partial charge in [-0.15, -0.1) is 5.10 Å². The number of hydrogen-bond donors (Lipinski definition) is 1. The number of aldehydes is 1. The third-order valence-corrected chi connectivity index (χ3v) is 2.32. The van der Waals surface area contributed by atoms with E-state index in [4.69, 9.17) is 0 Å². The predicted molar refractivity (Wildman–Crippen MR) is 46.0 cm³/mol. The minimum absolute atomic E-state index is 0.604. The first-order chi connectivity index (χ1) is 6.40. The van der Waals surface area contributed by atoms with Crippen molar-refractivity contribution >= 4 is 6.29 Å². The third-order valence-electron chi connectivity index (χ3n) is 2.32. The van der Waals surface area contributed by atoms with Crippen molar-refractivity contribution < 1.29 is 4.79 Å². The van der Waals surface area contributed by atoms with Crippen LogP contribution < -0.4 is 0 Å². The van der Waals surface area contributed by atoms with Gasteiger partial charge >= 0.3 is 0 Å². The lowest BCUT2D eigenvalue weighted by atomic mass is 10.1. The van der Waals surface area contributed by atoms with Crippen LogP contribution in [0.5, 0.6) is 0 Å². The molecule has 2 heterocycles. The summed E-state index contributed by atoms with van der Waals surface area (Å²) >= 11 is 0. The maximum Gasteiger partial charge on any atom is 0.121 e. The van der Waals surface area contributed by atoms with Gasteiger partial charge in [-0.1, -0.05) is 5.21 Å². The zero-order valence-corrected chi connectivity index (χ0v) is 7.36. The van der Waals surface area contributed by atoms with E-state index in [1.54, 1.807) is 0 Å². The van der Waals surface area contributed by atoms with Crippen LogP contribution in [0.2, 0.25) is 0 Å². The Balaban J connectivity index is 1.96. The minimum Gasteiger partial charge on any atom is -0.303 e. The van der Waals surface area contributed by atoms with E-state index < -0.39 is 0 Å². The molecule has 0 atom stereocenters. The van der Waals surface area contributed by atoms with Gasteiger partial charge in [0.25, 0.3) is 0 Å². The lowest BCUT2D eigenvalue weighted by Crippen LogP contribution is -2.31. The van der Waals surface area contributed by atoms with Crippen LogP contribution in [0.4, 0.5) is 0 Å². The van der Waals surface area contributed by atoms with Crippen LogP contribution in [0.1, 0.15) is 17.8 Å². The van der Waals surface area contributed by atoms with Crippen molar-refractivity contribution in [2.75, 3.05) is 13.1 Å². The van der Waals surface area contributed by atoms with E-state index >= 15 is 0 Å². The number of carbonyl (C=O) groups is 1. The molecule has 70 valence electrons. The van der Waals surface area contributed by atoms with Gasteiger partial charge in [0, 0.05) is 32.5 Å². The van der Waals surface area contributed by atoms with E-state index in [0.717, 1.165) is 43.7 Å². The fraction of sp³-hybridized carbons (Fsp3) is 0.625. The van der Waals surface area contributed by atoms with E-state index in [1.165, 1.54) is 0 Å². The van der Waals surface area contributed by atoms with Crippen molar-refractivity contribution in [1.82, 2.24) is 20.3 Å². The van der Waals surface area contributed by atoms with Gasteiger partial charge in [0.2, 0.25) is 0 Å². The number of aromatic nitrogens is 3. The Bertz CT molecular complexity index is 296. The van der Waals surface area contributed by atoms with Crippen LogP contribution in [-0.2, 0) is 17.8 Å². The van der Waals surface area contributed by atoms with E-state index in [0.29, 0.717) is 6.42 Å². The molecule has 1 aliphatic heterocycles. The van der Waals surface area contributed by atoms with Gasteiger partial charge in [0.1, 0.15) is 6.29 Å². The molecule has 1 aromatic heterocycles. The number of hydrogen-bond acceptors (Lipinski definition) is 4. The molecular formula is C8H12N4O. The highest BCUT2D eigenvalue weighted by Crippen LogP contribution is 2.13. The first kappa shape index (κ1) is 8.37. The Morgan fingerprint density at radius 2 is 2.54 bits per heavy atom. The van der Waals surface area contributed by atoms with Crippen LogP contribution in [0.15, 0.2) is 0 Å². The Morgan fingerprint density at radius 1 is 1.62 bits per heavy atom. The fourth-order valence-corrected chi connectivity index (χ4v) is 1.58. The highest BCUT2D eigenvalue weighted by Gasteiger charge is 2.18. The molecule has 0 saturated heterocycles. The second kappa shape index (κ2) is 3.66. The van der Waals surface area contributed by atoms with Gasteiger partial charge in [-0.2, -0.15) is 0 Å². The number of carbonyl (C=O) groups excluding carboxylic acids is 1. The summed E-state index contributed by atoms with van der Waals surface area (Å²) in [4.78, 5) is 12.4. The number of aromatic amines is 1. The maximum atomic E-state index is 10.2. The number of H-pyrrole nitrogens is 1. The molecule has 0 unspecified atom stereocenters. The lowest BCUT2D eigenvalue weighted by Gasteiger charge is -2.24. The molecule has 2 rings (SSSR count). The summed E-state index contributed by atoms with van der Waals surface area (Å²) in [6.45, 7) is 2.64. The largest absolute Gasteiger partial charge is 0.303 e. The second-order valence-electron chi connectivity index (χ2n) is 3.22. The summed E-state index contributed by atoms with van der Waals surface area (Å²) in [6.07, 6.45) is 2.52. The highest BCUT2D eigenvalue weighted by molar-refractivity contribution is 5.49. The first-order valence-corrected chi connectivity index (χ1v) is 4.45. The maximum absolute atomic E-state index is 10.2. The molecule has 0 bridgehead atoms. The zero-order valence-electron chi connectivity index (χ0n) is 7.36. The Morgan fingerprint density at radius 3 is 3.38 bits per heavy atom. The van der Waals surface area contributed by atoms with Gasteiger partial charge in [0.15, 0.2) is 0 Å². The first-order valence-electron chi connectivity index (χ1n) is 4.45. The Labute approximate surface area is 76.1 Å². The van der Waals surface area contributed by atoms with Crippen LogP contribution in [0.3, 0.4) is 0 Å². The van der Waals surface area contributed by atoms with Crippen LogP contribution >= 0.6 is 0 Å². The molecule has 1 aliphatic rings. The van der Waals surface area contributed by atoms with Crippen molar-refractivity contribution in [2.45, 2.75) is 19.4 Å². The van der Waals surface area contributed by atoms with E-state index in [-0.39, 0.29) is 0 Å². The summed E-state index contributed by atoms with van der Waals surface area (Å²) in [5.74, 6) is 0. The van der Waals surface area contributed by atoms with Crippen molar-refractivity contribution in [1.29, 1.82) is 0 Å². The van der Waals surface area contributed by atoms with Gasteiger partial charge in [0.05, 0.1) is 11.4 Å². The Hall–Kier alpha value is -1.23.